The van der Waals surface area contributed by atoms with E-state index in [1.54, 1.807) is 11.3 Å². The third-order valence-electron chi connectivity index (χ3n) is 5.29. The number of rotatable bonds is 4. The zero-order valence-electron chi connectivity index (χ0n) is 16.8. The molecule has 0 bridgehead atoms. The topological polar surface area (TPSA) is 17.3 Å². The second-order valence-corrected chi connectivity index (χ2v) is 8.13. The van der Waals surface area contributed by atoms with E-state index in [1.807, 2.05) is 0 Å². The van der Waals surface area contributed by atoms with Crippen molar-refractivity contribution in [3.05, 3.63) is 108 Å². The Kier molecular flexibility index (Phi) is 5.04. The first-order chi connectivity index (χ1) is 14.8. The molecule has 0 radical (unpaired) electrons. The van der Waals surface area contributed by atoms with E-state index in [-0.39, 0.29) is 0 Å². The van der Waals surface area contributed by atoms with Crippen LogP contribution in [0.15, 0.2) is 108 Å². The van der Waals surface area contributed by atoms with Crippen LogP contribution in [-0.2, 0) is 6.54 Å². The van der Waals surface area contributed by atoms with E-state index in [2.05, 4.69) is 115 Å². The van der Waals surface area contributed by atoms with Crippen LogP contribution in [0.4, 0.5) is 5.69 Å². The zero-order chi connectivity index (χ0) is 20.3. The molecule has 4 aromatic carbocycles. The molecule has 146 valence electrons. The van der Waals surface area contributed by atoms with Crippen molar-refractivity contribution in [1.29, 1.82) is 0 Å². The van der Waals surface area contributed by atoms with Gasteiger partial charge in [-0.1, -0.05) is 108 Å². The van der Waals surface area contributed by atoms with Gasteiger partial charge < -0.3 is 4.57 Å². The molecule has 0 unspecified atom stereocenters. The molecule has 0 N–H and O–H groups in total. The van der Waals surface area contributed by atoms with Crippen LogP contribution in [0.3, 0.4) is 0 Å². The maximum atomic E-state index is 5.15. The van der Waals surface area contributed by atoms with Crippen LogP contribution >= 0.6 is 11.3 Å². The van der Waals surface area contributed by atoms with Crippen LogP contribution in [0, 0.1) is 0 Å². The van der Waals surface area contributed by atoms with E-state index < -0.39 is 0 Å². The van der Waals surface area contributed by atoms with Gasteiger partial charge in [0.25, 0.3) is 0 Å². The molecule has 0 amide bonds. The summed E-state index contributed by atoms with van der Waals surface area (Å²) in [4.78, 5) is 7.43. The van der Waals surface area contributed by atoms with Gasteiger partial charge >= 0.3 is 0 Å². The molecule has 1 aromatic heterocycles. The molecular formula is C27H22N2S. The van der Waals surface area contributed by atoms with Gasteiger partial charge in [-0.25, -0.2) is 4.99 Å². The number of fused-ring (bicyclic) bond motifs is 1. The molecule has 1 heterocycles. The molecular weight excluding hydrogens is 384 g/mol. The SMILES string of the molecule is CCn1c(-c2ccccc2)c(-c2ccccc2)sc1=Nc1cccc2ccccc12. The highest BCUT2D eigenvalue weighted by Gasteiger charge is 2.16. The zero-order valence-corrected chi connectivity index (χ0v) is 17.6. The monoisotopic (exact) mass is 406 g/mol. The molecule has 5 aromatic rings. The Balaban J connectivity index is 1.81. The van der Waals surface area contributed by atoms with Gasteiger partial charge in [-0.05, 0) is 29.5 Å². The molecule has 0 aliphatic heterocycles. The number of aromatic nitrogens is 1. The first-order valence-corrected chi connectivity index (χ1v) is 11.0. The molecule has 30 heavy (non-hydrogen) atoms. The molecule has 0 aliphatic carbocycles. The van der Waals surface area contributed by atoms with Gasteiger partial charge in [-0.15, -0.1) is 0 Å². The summed E-state index contributed by atoms with van der Waals surface area (Å²) in [5, 5.41) is 2.39. The Morgan fingerprint density at radius 3 is 2.07 bits per heavy atom. The lowest BCUT2D eigenvalue weighted by Gasteiger charge is -2.09. The Morgan fingerprint density at radius 1 is 0.700 bits per heavy atom. The van der Waals surface area contributed by atoms with Gasteiger partial charge in [-0.2, -0.15) is 0 Å². The summed E-state index contributed by atoms with van der Waals surface area (Å²) in [5.41, 5.74) is 4.68. The molecule has 0 spiro atoms. The fraction of sp³-hybridized carbons (Fsp3) is 0.0741. The Bertz CT molecular complexity index is 1360. The number of hydrogen-bond acceptors (Lipinski definition) is 2. The lowest BCUT2D eigenvalue weighted by Crippen LogP contribution is -2.14. The van der Waals surface area contributed by atoms with E-state index in [0.29, 0.717) is 0 Å². The predicted molar refractivity (Wildman–Crippen MR) is 128 cm³/mol. The lowest BCUT2D eigenvalue weighted by molar-refractivity contribution is 0.745. The van der Waals surface area contributed by atoms with Crippen LogP contribution < -0.4 is 4.80 Å². The Hall–Kier alpha value is -3.43. The van der Waals surface area contributed by atoms with Crippen molar-refractivity contribution in [2.75, 3.05) is 0 Å². The normalized spacial score (nSPS) is 11.8. The maximum absolute atomic E-state index is 5.15. The molecule has 0 saturated heterocycles. The summed E-state index contributed by atoms with van der Waals surface area (Å²) >= 11 is 1.76. The number of nitrogens with zero attached hydrogens (tertiary/aromatic N) is 2. The fourth-order valence-electron chi connectivity index (χ4n) is 3.87. The quantitative estimate of drug-likeness (QED) is 0.298. The summed E-state index contributed by atoms with van der Waals surface area (Å²) < 4.78 is 2.34. The molecule has 3 heteroatoms. The Morgan fingerprint density at radius 2 is 1.33 bits per heavy atom. The van der Waals surface area contributed by atoms with E-state index in [4.69, 9.17) is 4.99 Å². The summed E-state index contributed by atoms with van der Waals surface area (Å²) in [6.45, 7) is 3.05. The van der Waals surface area contributed by atoms with Crippen molar-refractivity contribution in [2.24, 2.45) is 4.99 Å². The second kappa shape index (κ2) is 8.13. The number of thiazole rings is 1. The average Bonchev–Trinajstić information content (AvgIpc) is 3.18. The van der Waals surface area contributed by atoms with Crippen molar-refractivity contribution in [3.8, 4) is 21.7 Å². The van der Waals surface area contributed by atoms with E-state index >= 15 is 0 Å². The minimum absolute atomic E-state index is 0.858. The number of benzene rings is 4. The molecule has 0 atom stereocenters. The fourth-order valence-corrected chi connectivity index (χ4v) is 5.10. The van der Waals surface area contributed by atoms with E-state index in [0.717, 1.165) is 17.0 Å². The molecule has 2 nitrogen and oxygen atoms in total. The summed E-state index contributed by atoms with van der Waals surface area (Å²) in [5.74, 6) is 0. The first-order valence-electron chi connectivity index (χ1n) is 10.2. The third-order valence-corrected chi connectivity index (χ3v) is 6.42. The van der Waals surface area contributed by atoms with E-state index in [1.165, 1.54) is 32.5 Å². The van der Waals surface area contributed by atoms with Crippen LogP contribution in [0.1, 0.15) is 6.92 Å². The maximum Gasteiger partial charge on any atom is 0.191 e. The third kappa shape index (κ3) is 3.38. The molecule has 0 saturated carbocycles. The largest absolute Gasteiger partial charge is 0.316 e. The molecule has 5 rings (SSSR count). The second-order valence-electron chi connectivity index (χ2n) is 7.15. The van der Waals surface area contributed by atoms with Crippen molar-refractivity contribution in [2.45, 2.75) is 13.5 Å². The summed E-state index contributed by atoms with van der Waals surface area (Å²) in [6, 6.07) is 36.0. The summed E-state index contributed by atoms with van der Waals surface area (Å²) in [7, 11) is 0. The Labute approximate surface area is 180 Å². The predicted octanol–water partition coefficient (Wildman–Crippen LogP) is 7.29. The van der Waals surface area contributed by atoms with Gasteiger partial charge in [0.1, 0.15) is 0 Å². The van der Waals surface area contributed by atoms with Crippen molar-refractivity contribution < 1.29 is 0 Å². The van der Waals surface area contributed by atoms with E-state index in [9.17, 15) is 0 Å². The number of hydrogen-bond donors (Lipinski definition) is 0. The first kappa shape index (κ1) is 18.6. The average molecular weight is 407 g/mol. The van der Waals surface area contributed by atoms with Crippen molar-refractivity contribution in [1.82, 2.24) is 4.57 Å². The molecule has 0 aliphatic rings. The highest BCUT2D eigenvalue weighted by molar-refractivity contribution is 7.13. The summed E-state index contributed by atoms with van der Waals surface area (Å²) in [6.07, 6.45) is 0. The van der Waals surface area contributed by atoms with Gasteiger partial charge in [0.05, 0.1) is 16.3 Å². The highest BCUT2D eigenvalue weighted by Crippen LogP contribution is 2.35. The minimum Gasteiger partial charge on any atom is -0.316 e. The van der Waals surface area contributed by atoms with Gasteiger partial charge in [0.15, 0.2) is 4.80 Å². The minimum atomic E-state index is 0.858. The van der Waals surface area contributed by atoms with Gasteiger partial charge in [-0.3, -0.25) is 0 Å². The van der Waals surface area contributed by atoms with Gasteiger partial charge in [0, 0.05) is 11.9 Å². The highest BCUT2D eigenvalue weighted by atomic mass is 32.1. The molecule has 0 fully saturated rings. The van der Waals surface area contributed by atoms with Crippen LogP contribution in [-0.4, -0.2) is 4.57 Å². The van der Waals surface area contributed by atoms with Crippen LogP contribution in [0.5, 0.6) is 0 Å². The lowest BCUT2D eigenvalue weighted by atomic mass is 10.1. The van der Waals surface area contributed by atoms with Crippen LogP contribution in [0.2, 0.25) is 0 Å². The smallest absolute Gasteiger partial charge is 0.191 e. The standard InChI is InChI=1S/C27H22N2S/c1-2-29-25(21-13-5-3-6-14-21)26(22-15-7-4-8-16-22)30-27(29)28-24-19-11-17-20-12-9-10-18-23(20)24/h3-19H,2H2,1H3. The van der Waals surface area contributed by atoms with Gasteiger partial charge in [0.2, 0.25) is 0 Å². The van der Waals surface area contributed by atoms with Crippen molar-refractivity contribution >= 4 is 27.8 Å². The van der Waals surface area contributed by atoms with Crippen LogP contribution in [0.25, 0.3) is 32.5 Å². The van der Waals surface area contributed by atoms with Crippen molar-refractivity contribution in [3.63, 3.8) is 0 Å².